The van der Waals surface area contributed by atoms with Crippen LogP contribution in [0.3, 0.4) is 0 Å². The molecular weight excluding hydrogens is 162 g/mol. The highest BCUT2D eigenvalue weighted by molar-refractivity contribution is 5.99. The van der Waals surface area contributed by atoms with E-state index >= 15 is 0 Å². The van der Waals surface area contributed by atoms with Crippen molar-refractivity contribution in [3.05, 3.63) is 42.0 Å². The second-order valence-corrected chi connectivity index (χ2v) is 2.86. The number of carbonyl (C=O) groups excluding carboxylic acids is 1. The van der Waals surface area contributed by atoms with Crippen molar-refractivity contribution in [2.75, 3.05) is 5.32 Å². The molecule has 13 heavy (non-hydrogen) atoms. The van der Waals surface area contributed by atoms with Crippen LogP contribution in [0.2, 0.25) is 0 Å². The number of amides is 1. The Kier molecular flexibility index (Phi) is 3.26. The van der Waals surface area contributed by atoms with Gasteiger partial charge >= 0.3 is 0 Å². The van der Waals surface area contributed by atoms with Gasteiger partial charge in [0.15, 0.2) is 0 Å². The van der Waals surface area contributed by atoms with Crippen molar-refractivity contribution >= 4 is 11.6 Å². The Bertz CT molecular complexity index is 311. The van der Waals surface area contributed by atoms with Crippen LogP contribution in [0.1, 0.15) is 12.5 Å². The normalized spacial score (nSPS) is 10.3. The lowest BCUT2D eigenvalue weighted by atomic mass is 10.2. The van der Waals surface area contributed by atoms with Crippen molar-refractivity contribution in [2.45, 2.75) is 13.8 Å². The van der Waals surface area contributed by atoms with Gasteiger partial charge in [0, 0.05) is 5.69 Å². The van der Waals surface area contributed by atoms with Crippen LogP contribution in [-0.4, -0.2) is 5.91 Å². The van der Waals surface area contributed by atoms with Gasteiger partial charge in [0.2, 0.25) is 5.91 Å². The molecule has 0 unspecified atom stereocenters. The second kappa shape index (κ2) is 4.45. The van der Waals surface area contributed by atoms with Crippen LogP contribution in [0.25, 0.3) is 0 Å². The molecule has 1 rings (SSSR count). The number of nitrogens with one attached hydrogen (secondary N) is 1. The lowest BCUT2D eigenvalue weighted by molar-refractivity contribution is -0.111. The van der Waals surface area contributed by atoms with E-state index < -0.39 is 0 Å². The molecular formula is C11H13NO. The third-order valence-corrected chi connectivity index (χ3v) is 1.64. The van der Waals surface area contributed by atoms with Gasteiger partial charge in [-0.1, -0.05) is 23.8 Å². The number of hydrogen-bond donors (Lipinski definition) is 1. The Morgan fingerprint density at radius 3 is 2.46 bits per heavy atom. The molecule has 1 aromatic carbocycles. The van der Waals surface area contributed by atoms with Crippen LogP contribution in [0, 0.1) is 6.92 Å². The standard InChI is InChI=1S/C11H13NO/c1-3-4-11(13)12-10-7-5-9(2)6-8-10/h3-8H,1-2H3,(H,12,13). The van der Waals surface area contributed by atoms with Gasteiger partial charge in [0.05, 0.1) is 0 Å². The zero-order valence-corrected chi connectivity index (χ0v) is 7.87. The molecule has 0 aromatic heterocycles. The number of benzene rings is 1. The Morgan fingerprint density at radius 1 is 1.31 bits per heavy atom. The minimum absolute atomic E-state index is 0.0913. The zero-order valence-electron chi connectivity index (χ0n) is 7.87. The third-order valence-electron chi connectivity index (χ3n) is 1.64. The number of allylic oxidation sites excluding steroid dienone is 1. The van der Waals surface area contributed by atoms with Gasteiger partial charge in [0.1, 0.15) is 0 Å². The summed E-state index contributed by atoms with van der Waals surface area (Å²) in [5, 5.41) is 2.74. The Hall–Kier alpha value is -1.57. The van der Waals surface area contributed by atoms with Gasteiger partial charge in [-0.15, -0.1) is 0 Å². The minimum atomic E-state index is -0.0913. The summed E-state index contributed by atoms with van der Waals surface area (Å²) in [6, 6.07) is 7.70. The topological polar surface area (TPSA) is 29.1 Å². The lowest BCUT2D eigenvalue weighted by Crippen LogP contribution is -2.07. The van der Waals surface area contributed by atoms with Gasteiger partial charge in [-0.3, -0.25) is 4.79 Å². The molecule has 2 nitrogen and oxygen atoms in total. The molecule has 0 bridgehead atoms. The van der Waals surface area contributed by atoms with Gasteiger partial charge in [0.25, 0.3) is 0 Å². The number of anilines is 1. The van der Waals surface area contributed by atoms with E-state index in [1.54, 1.807) is 6.08 Å². The molecule has 0 fully saturated rings. The van der Waals surface area contributed by atoms with E-state index in [2.05, 4.69) is 5.32 Å². The summed E-state index contributed by atoms with van der Waals surface area (Å²) >= 11 is 0. The van der Waals surface area contributed by atoms with E-state index in [0.717, 1.165) is 5.69 Å². The van der Waals surface area contributed by atoms with E-state index in [0.29, 0.717) is 0 Å². The molecule has 1 amide bonds. The quantitative estimate of drug-likeness (QED) is 0.687. The Balaban J connectivity index is 2.64. The molecule has 0 atom stereocenters. The van der Waals surface area contributed by atoms with Crippen molar-refractivity contribution < 1.29 is 4.79 Å². The maximum absolute atomic E-state index is 11.1. The maximum Gasteiger partial charge on any atom is 0.248 e. The highest BCUT2D eigenvalue weighted by atomic mass is 16.1. The molecule has 2 heteroatoms. The molecule has 0 aliphatic rings. The number of rotatable bonds is 2. The molecule has 68 valence electrons. The van der Waals surface area contributed by atoms with Crippen LogP contribution >= 0.6 is 0 Å². The molecule has 1 aromatic rings. The Morgan fingerprint density at radius 2 is 1.92 bits per heavy atom. The van der Waals surface area contributed by atoms with Crippen molar-refractivity contribution in [3.63, 3.8) is 0 Å². The molecule has 0 radical (unpaired) electrons. The first-order chi connectivity index (χ1) is 6.22. The van der Waals surface area contributed by atoms with Crippen molar-refractivity contribution in [3.8, 4) is 0 Å². The first-order valence-corrected chi connectivity index (χ1v) is 4.22. The first kappa shape index (κ1) is 9.52. The molecule has 1 N–H and O–H groups in total. The van der Waals surface area contributed by atoms with Crippen LogP contribution in [0.4, 0.5) is 5.69 Å². The summed E-state index contributed by atoms with van der Waals surface area (Å²) in [4.78, 5) is 11.1. The monoisotopic (exact) mass is 175 g/mol. The molecule has 0 spiro atoms. The number of carbonyl (C=O) groups is 1. The van der Waals surface area contributed by atoms with Gasteiger partial charge in [-0.05, 0) is 32.1 Å². The van der Waals surface area contributed by atoms with Gasteiger partial charge in [-0.25, -0.2) is 0 Å². The average molecular weight is 175 g/mol. The molecule has 0 heterocycles. The van der Waals surface area contributed by atoms with Gasteiger partial charge in [-0.2, -0.15) is 0 Å². The van der Waals surface area contributed by atoms with Crippen LogP contribution in [0.5, 0.6) is 0 Å². The zero-order chi connectivity index (χ0) is 9.68. The fraction of sp³-hybridized carbons (Fsp3) is 0.182. The summed E-state index contributed by atoms with van der Waals surface area (Å²) in [6.07, 6.45) is 3.21. The smallest absolute Gasteiger partial charge is 0.248 e. The molecule has 0 saturated heterocycles. The largest absolute Gasteiger partial charge is 0.323 e. The fourth-order valence-electron chi connectivity index (χ4n) is 0.972. The number of aryl methyl sites for hydroxylation is 1. The summed E-state index contributed by atoms with van der Waals surface area (Å²) in [7, 11) is 0. The van der Waals surface area contributed by atoms with Crippen molar-refractivity contribution in [1.29, 1.82) is 0 Å². The summed E-state index contributed by atoms with van der Waals surface area (Å²) in [5.74, 6) is -0.0913. The van der Waals surface area contributed by atoms with E-state index in [9.17, 15) is 4.79 Å². The Labute approximate surface area is 78.3 Å². The minimum Gasteiger partial charge on any atom is -0.323 e. The first-order valence-electron chi connectivity index (χ1n) is 4.22. The average Bonchev–Trinajstić information content (AvgIpc) is 2.09. The summed E-state index contributed by atoms with van der Waals surface area (Å²) < 4.78 is 0. The lowest BCUT2D eigenvalue weighted by Gasteiger charge is -2.01. The van der Waals surface area contributed by atoms with Gasteiger partial charge < -0.3 is 5.32 Å². The predicted octanol–water partition coefficient (Wildman–Crippen LogP) is 2.51. The van der Waals surface area contributed by atoms with Crippen molar-refractivity contribution in [2.24, 2.45) is 0 Å². The SMILES string of the molecule is CC=CC(=O)Nc1ccc(C)cc1. The van der Waals surface area contributed by atoms with E-state index in [-0.39, 0.29) is 5.91 Å². The summed E-state index contributed by atoms with van der Waals surface area (Å²) in [6.45, 7) is 3.83. The van der Waals surface area contributed by atoms with Crippen LogP contribution < -0.4 is 5.32 Å². The third kappa shape index (κ3) is 3.11. The van der Waals surface area contributed by atoms with Crippen LogP contribution in [0.15, 0.2) is 36.4 Å². The molecule has 0 aliphatic heterocycles. The highest BCUT2D eigenvalue weighted by Crippen LogP contribution is 2.08. The predicted molar refractivity (Wildman–Crippen MR) is 54.6 cm³/mol. The highest BCUT2D eigenvalue weighted by Gasteiger charge is 1.95. The fourth-order valence-corrected chi connectivity index (χ4v) is 0.972. The number of hydrogen-bond acceptors (Lipinski definition) is 1. The molecule has 0 aliphatic carbocycles. The van der Waals surface area contributed by atoms with E-state index in [1.165, 1.54) is 11.6 Å². The van der Waals surface area contributed by atoms with Crippen molar-refractivity contribution in [1.82, 2.24) is 0 Å². The summed E-state index contributed by atoms with van der Waals surface area (Å²) in [5.41, 5.74) is 2.01. The van der Waals surface area contributed by atoms with E-state index in [4.69, 9.17) is 0 Å². The second-order valence-electron chi connectivity index (χ2n) is 2.86. The van der Waals surface area contributed by atoms with E-state index in [1.807, 2.05) is 38.1 Å². The van der Waals surface area contributed by atoms with Crippen LogP contribution in [-0.2, 0) is 4.79 Å². The maximum atomic E-state index is 11.1. The molecule has 0 saturated carbocycles.